The Balaban J connectivity index is 2.29. The van der Waals surface area contributed by atoms with Crippen LogP contribution in [0.15, 0.2) is 53.0 Å². The minimum atomic E-state index is -0.801. The summed E-state index contributed by atoms with van der Waals surface area (Å²) in [5.41, 5.74) is 1.84. The second-order valence-corrected chi connectivity index (χ2v) is 6.34. The number of hydrogen-bond acceptors (Lipinski definition) is 1. The number of aliphatic carboxylic acids is 1. The quantitative estimate of drug-likeness (QED) is 0.727. The summed E-state index contributed by atoms with van der Waals surface area (Å²) in [6.45, 7) is 0. The van der Waals surface area contributed by atoms with E-state index in [0.717, 1.165) is 19.2 Å². The highest BCUT2D eigenvalue weighted by Gasteiger charge is 2.22. The molecule has 0 saturated carbocycles. The first-order valence-corrected chi connectivity index (χ1v) is 7.67. The van der Waals surface area contributed by atoms with Gasteiger partial charge in [-0.2, -0.15) is 0 Å². The molecule has 2 aromatic carbocycles. The van der Waals surface area contributed by atoms with E-state index in [-0.39, 0.29) is 0 Å². The molecule has 0 aliphatic rings. The first kappa shape index (κ1) is 14.5. The summed E-state index contributed by atoms with van der Waals surface area (Å²) in [7, 11) is 0. The van der Waals surface area contributed by atoms with Crippen LogP contribution in [0.1, 0.15) is 17.0 Å². The minimum Gasteiger partial charge on any atom is -0.481 e. The van der Waals surface area contributed by atoms with Gasteiger partial charge in [0.25, 0.3) is 0 Å². The Morgan fingerprint density at radius 1 is 1.16 bits per heavy atom. The van der Waals surface area contributed by atoms with Crippen molar-refractivity contribution in [2.45, 2.75) is 12.3 Å². The summed E-state index contributed by atoms with van der Waals surface area (Å²) < 4.78 is 1.99. The van der Waals surface area contributed by atoms with Crippen LogP contribution in [0, 0.1) is 3.57 Å². The van der Waals surface area contributed by atoms with Crippen molar-refractivity contribution in [1.82, 2.24) is 0 Å². The fourth-order valence-corrected chi connectivity index (χ4v) is 2.86. The molecule has 1 unspecified atom stereocenters. The van der Waals surface area contributed by atoms with Crippen molar-refractivity contribution in [1.29, 1.82) is 0 Å². The van der Waals surface area contributed by atoms with Crippen LogP contribution in [0.5, 0.6) is 0 Å². The van der Waals surface area contributed by atoms with Gasteiger partial charge in [-0.15, -0.1) is 0 Å². The Hall–Kier alpha value is -0.880. The Morgan fingerprint density at radius 2 is 1.79 bits per heavy atom. The Labute approximate surface area is 134 Å². The number of rotatable bonds is 4. The third-order valence-corrected chi connectivity index (χ3v) is 4.37. The zero-order valence-corrected chi connectivity index (χ0v) is 13.8. The van der Waals surface area contributed by atoms with Gasteiger partial charge < -0.3 is 5.11 Å². The van der Waals surface area contributed by atoms with Crippen LogP contribution in [0.2, 0.25) is 0 Å². The van der Waals surface area contributed by atoms with E-state index < -0.39 is 11.9 Å². The molecule has 1 atom stereocenters. The molecule has 0 spiro atoms. The van der Waals surface area contributed by atoms with Gasteiger partial charge in [0.1, 0.15) is 0 Å². The normalized spacial score (nSPS) is 12.1. The largest absolute Gasteiger partial charge is 0.481 e. The van der Waals surface area contributed by atoms with Gasteiger partial charge in [-0.3, -0.25) is 4.79 Å². The number of halogens is 2. The second kappa shape index (κ2) is 6.52. The molecule has 0 aromatic heterocycles. The first-order chi connectivity index (χ1) is 9.08. The lowest BCUT2D eigenvalue weighted by atomic mass is 9.92. The van der Waals surface area contributed by atoms with Crippen molar-refractivity contribution in [3.05, 3.63) is 67.7 Å². The number of carbonyl (C=O) groups is 1. The topological polar surface area (TPSA) is 37.3 Å². The van der Waals surface area contributed by atoms with E-state index >= 15 is 0 Å². The third kappa shape index (κ3) is 3.79. The number of carboxylic acids is 1. The van der Waals surface area contributed by atoms with E-state index in [4.69, 9.17) is 0 Å². The Morgan fingerprint density at radius 3 is 2.37 bits per heavy atom. The fourth-order valence-electron chi connectivity index (χ4n) is 1.94. The molecule has 0 radical (unpaired) electrons. The Bertz CT molecular complexity index is 581. The van der Waals surface area contributed by atoms with Gasteiger partial charge in [0.15, 0.2) is 0 Å². The van der Waals surface area contributed by atoms with Gasteiger partial charge in [0.2, 0.25) is 0 Å². The molecule has 0 fully saturated rings. The van der Waals surface area contributed by atoms with E-state index in [2.05, 4.69) is 38.5 Å². The molecule has 0 amide bonds. The maximum absolute atomic E-state index is 11.5. The molecule has 4 heteroatoms. The molecule has 2 nitrogen and oxygen atoms in total. The highest BCUT2D eigenvalue weighted by molar-refractivity contribution is 14.1. The summed E-state index contributed by atoms with van der Waals surface area (Å²) in [5.74, 6) is -1.33. The summed E-state index contributed by atoms with van der Waals surface area (Å²) in [6, 6.07) is 15.4. The molecule has 0 heterocycles. The first-order valence-electron chi connectivity index (χ1n) is 5.79. The van der Waals surface area contributed by atoms with Crippen LogP contribution < -0.4 is 0 Å². The van der Waals surface area contributed by atoms with Gasteiger partial charge in [-0.25, -0.2) is 0 Å². The second-order valence-electron chi connectivity index (χ2n) is 4.24. The van der Waals surface area contributed by atoms with E-state index in [9.17, 15) is 9.90 Å². The molecule has 2 aromatic rings. The maximum Gasteiger partial charge on any atom is 0.311 e. The van der Waals surface area contributed by atoms with Crippen LogP contribution in [0.3, 0.4) is 0 Å². The molecule has 98 valence electrons. The van der Waals surface area contributed by atoms with Crippen molar-refractivity contribution < 1.29 is 9.90 Å². The average molecular weight is 431 g/mol. The highest BCUT2D eigenvalue weighted by Crippen LogP contribution is 2.28. The predicted octanol–water partition coefficient (Wildman–Crippen LogP) is 4.46. The summed E-state index contributed by atoms with van der Waals surface area (Å²) in [4.78, 5) is 11.5. The number of hydrogen-bond donors (Lipinski definition) is 1. The molecular formula is C15H12BrIO2. The van der Waals surface area contributed by atoms with Gasteiger partial charge in [-0.05, 0) is 58.3 Å². The zero-order valence-electron chi connectivity index (χ0n) is 10.0. The molecule has 0 bridgehead atoms. The third-order valence-electron chi connectivity index (χ3n) is 2.93. The van der Waals surface area contributed by atoms with Crippen LogP contribution >= 0.6 is 38.5 Å². The molecule has 0 aliphatic carbocycles. The van der Waals surface area contributed by atoms with Crippen LogP contribution in [0.4, 0.5) is 0 Å². The van der Waals surface area contributed by atoms with Gasteiger partial charge in [0.05, 0.1) is 5.92 Å². The molecule has 0 aliphatic heterocycles. The highest BCUT2D eigenvalue weighted by atomic mass is 127. The van der Waals surface area contributed by atoms with Crippen molar-refractivity contribution in [3.8, 4) is 0 Å². The lowest BCUT2D eigenvalue weighted by Gasteiger charge is -2.14. The number of carboxylic acid groups (broad SMARTS) is 1. The SMILES string of the molecule is O=C(O)C(Cc1ccc(I)cc1)c1ccccc1Br. The van der Waals surface area contributed by atoms with E-state index in [1.807, 2.05) is 48.5 Å². The van der Waals surface area contributed by atoms with Crippen molar-refractivity contribution in [3.63, 3.8) is 0 Å². The summed E-state index contributed by atoms with van der Waals surface area (Å²) in [5, 5.41) is 9.44. The molecule has 19 heavy (non-hydrogen) atoms. The van der Waals surface area contributed by atoms with E-state index in [0.29, 0.717) is 6.42 Å². The minimum absolute atomic E-state index is 0.495. The maximum atomic E-state index is 11.5. The molecular weight excluding hydrogens is 419 g/mol. The number of benzene rings is 2. The van der Waals surface area contributed by atoms with Crippen molar-refractivity contribution in [2.75, 3.05) is 0 Å². The van der Waals surface area contributed by atoms with Crippen LogP contribution in [0.25, 0.3) is 0 Å². The predicted molar refractivity (Wildman–Crippen MR) is 87.4 cm³/mol. The van der Waals surface area contributed by atoms with Gasteiger partial charge in [-0.1, -0.05) is 46.3 Å². The van der Waals surface area contributed by atoms with Crippen LogP contribution in [-0.4, -0.2) is 11.1 Å². The zero-order chi connectivity index (χ0) is 13.8. The summed E-state index contributed by atoms with van der Waals surface area (Å²) >= 11 is 5.66. The summed E-state index contributed by atoms with van der Waals surface area (Å²) in [6.07, 6.45) is 0.495. The van der Waals surface area contributed by atoms with E-state index in [1.165, 1.54) is 0 Å². The van der Waals surface area contributed by atoms with Gasteiger partial charge in [0, 0.05) is 8.04 Å². The van der Waals surface area contributed by atoms with Gasteiger partial charge >= 0.3 is 5.97 Å². The molecule has 2 rings (SSSR count). The van der Waals surface area contributed by atoms with Crippen LogP contribution in [-0.2, 0) is 11.2 Å². The van der Waals surface area contributed by atoms with Crippen molar-refractivity contribution in [2.24, 2.45) is 0 Å². The van der Waals surface area contributed by atoms with Crippen molar-refractivity contribution >= 4 is 44.5 Å². The fraction of sp³-hybridized carbons (Fsp3) is 0.133. The lowest BCUT2D eigenvalue weighted by Crippen LogP contribution is -2.15. The monoisotopic (exact) mass is 430 g/mol. The standard InChI is InChI=1S/C15H12BrIO2/c16-14-4-2-1-3-12(14)13(15(18)19)9-10-5-7-11(17)8-6-10/h1-8,13H,9H2,(H,18,19). The Kier molecular flexibility index (Phi) is 4.99. The van der Waals surface area contributed by atoms with E-state index in [1.54, 1.807) is 0 Å². The molecule has 0 saturated heterocycles. The molecule has 1 N–H and O–H groups in total. The smallest absolute Gasteiger partial charge is 0.311 e. The lowest BCUT2D eigenvalue weighted by molar-refractivity contribution is -0.138. The average Bonchev–Trinajstić information content (AvgIpc) is 2.39.